The van der Waals surface area contributed by atoms with Crippen molar-refractivity contribution in [1.82, 2.24) is 0 Å². The lowest BCUT2D eigenvalue weighted by atomic mass is 9.84. The number of aliphatic carboxylic acids is 1. The Hall–Kier alpha value is -1.51. The first-order valence-corrected chi connectivity index (χ1v) is 9.70. The van der Waals surface area contributed by atoms with Gasteiger partial charge < -0.3 is 9.84 Å². The van der Waals surface area contributed by atoms with E-state index in [4.69, 9.17) is 4.74 Å². The third-order valence-corrected chi connectivity index (χ3v) is 5.08. The van der Waals surface area contributed by atoms with Crippen molar-refractivity contribution in [1.29, 1.82) is 0 Å². The van der Waals surface area contributed by atoms with E-state index in [2.05, 4.69) is 19.1 Å². The molecule has 134 valence electrons. The number of unbranched alkanes of at least 4 members (excludes halogenated alkanes) is 4. The monoisotopic (exact) mass is 332 g/mol. The van der Waals surface area contributed by atoms with Gasteiger partial charge in [0.1, 0.15) is 5.75 Å². The summed E-state index contributed by atoms with van der Waals surface area (Å²) in [4.78, 5) is 11.4. The Morgan fingerprint density at radius 2 is 1.75 bits per heavy atom. The first-order chi connectivity index (χ1) is 11.7. The second-order valence-electron chi connectivity index (χ2n) is 7.05. The van der Waals surface area contributed by atoms with Crippen molar-refractivity contribution >= 4 is 5.97 Å². The summed E-state index contributed by atoms with van der Waals surface area (Å²) in [6, 6.07) is 8.12. The molecule has 0 saturated heterocycles. The Morgan fingerprint density at radius 3 is 2.38 bits per heavy atom. The van der Waals surface area contributed by atoms with E-state index in [1.807, 2.05) is 12.1 Å². The Bertz CT molecular complexity index is 474. The molecule has 1 N–H and O–H groups in total. The lowest BCUT2D eigenvalue weighted by Gasteiger charge is -2.22. The van der Waals surface area contributed by atoms with E-state index in [-0.39, 0.29) is 0 Å². The average molecular weight is 332 g/mol. The maximum Gasteiger partial charge on any atom is 0.344 e. The highest BCUT2D eigenvalue weighted by atomic mass is 16.5. The molecule has 1 unspecified atom stereocenters. The number of hydrogen-bond donors (Lipinski definition) is 1. The van der Waals surface area contributed by atoms with Crippen LogP contribution in [0.4, 0.5) is 0 Å². The molecule has 3 heteroatoms. The van der Waals surface area contributed by atoms with E-state index in [0.717, 1.165) is 12.8 Å². The summed E-state index contributed by atoms with van der Waals surface area (Å²) in [6.07, 6.45) is 12.0. The molecule has 0 amide bonds. The van der Waals surface area contributed by atoms with E-state index in [1.165, 1.54) is 56.9 Å². The van der Waals surface area contributed by atoms with Crippen molar-refractivity contribution in [3.05, 3.63) is 29.8 Å². The fourth-order valence-corrected chi connectivity index (χ4v) is 3.58. The third-order valence-electron chi connectivity index (χ3n) is 5.08. The number of ether oxygens (including phenoxy) is 1. The summed E-state index contributed by atoms with van der Waals surface area (Å²) in [6.45, 7) is 2.18. The molecule has 0 bridgehead atoms. The van der Waals surface area contributed by atoms with Crippen molar-refractivity contribution in [2.75, 3.05) is 0 Å². The van der Waals surface area contributed by atoms with Gasteiger partial charge >= 0.3 is 5.97 Å². The van der Waals surface area contributed by atoms with Gasteiger partial charge in [0.2, 0.25) is 0 Å². The molecular formula is C21H32O3. The molecule has 1 aromatic carbocycles. The Labute approximate surface area is 146 Å². The Balaban J connectivity index is 1.83. The van der Waals surface area contributed by atoms with E-state index in [1.54, 1.807) is 0 Å². The second-order valence-corrected chi connectivity index (χ2v) is 7.05. The molecule has 24 heavy (non-hydrogen) atoms. The highest BCUT2D eigenvalue weighted by molar-refractivity contribution is 5.72. The topological polar surface area (TPSA) is 46.5 Å². The summed E-state index contributed by atoms with van der Waals surface area (Å²) in [7, 11) is 0. The molecule has 1 aromatic rings. The molecule has 1 aliphatic rings. The molecule has 1 saturated carbocycles. The minimum Gasteiger partial charge on any atom is -0.479 e. The molecule has 2 rings (SSSR count). The van der Waals surface area contributed by atoms with Crippen LogP contribution < -0.4 is 4.74 Å². The zero-order valence-electron chi connectivity index (χ0n) is 15.0. The predicted molar refractivity (Wildman–Crippen MR) is 97.7 cm³/mol. The summed E-state index contributed by atoms with van der Waals surface area (Å²) in [5, 5.41) is 9.37. The van der Waals surface area contributed by atoms with E-state index in [9.17, 15) is 9.90 Å². The molecule has 3 nitrogen and oxygen atoms in total. The van der Waals surface area contributed by atoms with Crippen LogP contribution in [0.2, 0.25) is 0 Å². The Morgan fingerprint density at radius 1 is 1.08 bits per heavy atom. The second kappa shape index (κ2) is 10.4. The molecule has 0 radical (unpaired) electrons. The van der Waals surface area contributed by atoms with E-state index in [0.29, 0.717) is 18.1 Å². The zero-order chi connectivity index (χ0) is 17.2. The SMILES string of the molecule is CCCCCCCC(Oc1ccc(C2CCCCC2)cc1)C(=O)O. The lowest BCUT2D eigenvalue weighted by molar-refractivity contribution is -0.145. The first-order valence-electron chi connectivity index (χ1n) is 9.70. The van der Waals surface area contributed by atoms with Gasteiger partial charge in [-0.2, -0.15) is 0 Å². The predicted octanol–water partition coefficient (Wildman–Crippen LogP) is 5.93. The summed E-state index contributed by atoms with van der Waals surface area (Å²) >= 11 is 0. The van der Waals surface area contributed by atoms with Crippen LogP contribution >= 0.6 is 0 Å². The van der Waals surface area contributed by atoms with Crippen LogP contribution in [-0.4, -0.2) is 17.2 Å². The number of rotatable bonds is 10. The van der Waals surface area contributed by atoms with E-state index >= 15 is 0 Å². The van der Waals surface area contributed by atoms with Crippen molar-refractivity contribution in [2.45, 2.75) is 89.6 Å². The molecular weight excluding hydrogens is 300 g/mol. The third kappa shape index (κ3) is 6.18. The lowest BCUT2D eigenvalue weighted by Crippen LogP contribution is -2.26. The standard InChI is InChI=1S/C21H32O3/c1-2-3-4-5-9-12-20(21(22)23)24-19-15-13-18(14-16-19)17-10-7-6-8-11-17/h13-17,20H,2-12H2,1H3,(H,22,23). The largest absolute Gasteiger partial charge is 0.479 e. The van der Waals surface area contributed by atoms with Gasteiger partial charge in [-0.05, 0) is 49.3 Å². The first kappa shape index (κ1) is 18.8. The van der Waals surface area contributed by atoms with Gasteiger partial charge in [0.05, 0.1) is 0 Å². The normalized spacial score (nSPS) is 16.7. The van der Waals surface area contributed by atoms with Crippen LogP contribution in [0.25, 0.3) is 0 Å². The molecule has 1 aliphatic carbocycles. The summed E-state index contributed by atoms with van der Waals surface area (Å²) in [5.41, 5.74) is 1.37. The van der Waals surface area contributed by atoms with Crippen LogP contribution in [-0.2, 0) is 4.79 Å². The molecule has 0 aliphatic heterocycles. The van der Waals surface area contributed by atoms with Crippen molar-refractivity contribution in [2.24, 2.45) is 0 Å². The maximum atomic E-state index is 11.4. The number of benzene rings is 1. The van der Waals surface area contributed by atoms with Crippen LogP contribution in [0, 0.1) is 0 Å². The molecule has 0 spiro atoms. The molecule has 0 heterocycles. The van der Waals surface area contributed by atoms with Gasteiger partial charge in [-0.3, -0.25) is 0 Å². The van der Waals surface area contributed by atoms with Gasteiger partial charge in [-0.15, -0.1) is 0 Å². The van der Waals surface area contributed by atoms with Gasteiger partial charge in [0.25, 0.3) is 0 Å². The number of carbonyl (C=O) groups is 1. The summed E-state index contributed by atoms with van der Waals surface area (Å²) < 4.78 is 5.73. The van der Waals surface area contributed by atoms with Crippen molar-refractivity contribution in [3.8, 4) is 5.75 Å². The van der Waals surface area contributed by atoms with Gasteiger partial charge in [-0.25, -0.2) is 4.79 Å². The minimum absolute atomic E-state index is 0.587. The van der Waals surface area contributed by atoms with Crippen LogP contribution in [0.1, 0.15) is 89.0 Å². The van der Waals surface area contributed by atoms with Crippen LogP contribution in [0.3, 0.4) is 0 Å². The van der Waals surface area contributed by atoms with Gasteiger partial charge in [-0.1, -0.05) is 64.0 Å². The smallest absolute Gasteiger partial charge is 0.344 e. The highest BCUT2D eigenvalue weighted by Crippen LogP contribution is 2.33. The van der Waals surface area contributed by atoms with Crippen LogP contribution in [0.15, 0.2) is 24.3 Å². The highest BCUT2D eigenvalue weighted by Gasteiger charge is 2.20. The average Bonchev–Trinajstić information content (AvgIpc) is 2.61. The van der Waals surface area contributed by atoms with Gasteiger partial charge in [0.15, 0.2) is 6.10 Å². The van der Waals surface area contributed by atoms with Crippen molar-refractivity contribution in [3.63, 3.8) is 0 Å². The Kier molecular flexibility index (Phi) is 8.14. The molecule has 0 aromatic heterocycles. The van der Waals surface area contributed by atoms with Gasteiger partial charge in [0, 0.05) is 0 Å². The zero-order valence-corrected chi connectivity index (χ0v) is 15.0. The number of carboxylic acids is 1. The number of carboxylic acid groups (broad SMARTS) is 1. The number of hydrogen-bond acceptors (Lipinski definition) is 2. The van der Waals surface area contributed by atoms with Crippen LogP contribution in [0.5, 0.6) is 5.75 Å². The van der Waals surface area contributed by atoms with Crippen molar-refractivity contribution < 1.29 is 14.6 Å². The minimum atomic E-state index is -0.859. The molecule has 1 fully saturated rings. The fourth-order valence-electron chi connectivity index (χ4n) is 3.58. The fraction of sp³-hybridized carbons (Fsp3) is 0.667. The van der Waals surface area contributed by atoms with E-state index < -0.39 is 12.1 Å². The maximum absolute atomic E-state index is 11.4. The molecule has 1 atom stereocenters. The quantitative estimate of drug-likeness (QED) is 0.540. The summed E-state index contributed by atoms with van der Waals surface area (Å²) in [5.74, 6) is 0.485.